The number of β-amino-alcohol motifs (C(OH)–C–C–N with tert-alkyl or cyclic N) is 1. The zero-order valence-corrected chi connectivity index (χ0v) is 25.7. The Morgan fingerprint density at radius 3 is 2.14 bits per heavy atom. The second-order valence-electron chi connectivity index (χ2n) is 12.2. The van der Waals surface area contributed by atoms with Crippen LogP contribution >= 0.6 is 0 Å². The standard InChI is InChI=1S/C34H44FN3O4/c1-23-19-31(24(2)25(3)32(23)36-33(40)42-34(4,5)6)41-22-30(39)21-37-15-17-38(18-16-37)29-13-9-27(10-14-29)20-26-7-11-28(35)12-8-26/h7-14,19,30,39H,15-18,20-22H2,1-6H3,(H,36,40)/t30-/m0/s1. The molecule has 0 aliphatic carbocycles. The molecule has 3 aromatic carbocycles. The molecule has 7 nitrogen and oxygen atoms in total. The normalized spacial score (nSPS) is 14.9. The number of ether oxygens (including phenoxy) is 2. The van der Waals surface area contributed by atoms with Crippen LogP contribution < -0.4 is 15.0 Å². The van der Waals surface area contributed by atoms with E-state index in [0.29, 0.717) is 12.3 Å². The van der Waals surface area contributed by atoms with Crippen molar-refractivity contribution < 1.29 is 23.8 Å². The number of hydrogen-bond donors (Lipinski definition) is 2. The molecule has 0 radical (unpaired) electrons. The number of rotatable bonds is 9. The number of aryl methyl sites for hydroxylation is 1. The Morgan fingerprint density at radius 2 is 1.55 bits per heavy atom. The molecule has 0 bridgehead atoms. The summed E-state index contributed by atoms with van der Waals surface area (Å²) in [6.07, 6.45) is -0.335. The van der Waals surface area contributed by atoms with Crippen LogP contribution in [0.15, 0.2) is 54.6 Å². The second kappa shape index (κ2) is 13.6. The summed E-state index contributed by atoms with van der Waals surface area (Å²) in [4.78, 5) is 16.9. The van der Waals surface area contributed by atoms with Gasteiger partial charge in [0.1, 0.15) is 29.9 Å². The van der Waals surface area contributed by atoms with Gasteiger partial charge in [-0.05, 0) is 106 Å². The van der Waals surface area contributed by atoms with Gasteiger partial charge in [-0.1, -0.05) is 24.3 Å². The molecule has 8 heteroatoms. The Labute approximate surface area is 249 Å². The van der Waals surface area contributed by atoms with Crippen LogP contribution in [0, 0.1) is 26.6 Å². The van der Waals surface area contributed by atoms with E-state index in [4.69, 9.17) is 9.47 Å². The van der Waals surface area contributed by atoms with Crippen LogP contribution in [0.3, 0.4) is 0 Å². The van der Waals surface area contributed by atoms with Gasteiger partial charge >= 0.3 is 6.09 Å². The van der Waals surface area contributed by atoms with Crippen LogP contribution in [0.4, 0.5) is 20.6 Å². The second-order valence-corrected chi connectivity index (χ2v) is 12.2. The Balaban J connectivity index is 1.23. The van der Waals surface area contributed by atoms with E-state index in [9.17, 15) is 14.3 Å². The topological polar surface area (TPSA) is 74.3 Å². The molecular weight excluding hydrogens is 533 g/mol. The quantitative estimate of drug-likeness (QED) is 0.313. The average molecular weight is 578 g/mol. The summed E-state index contributed by atoms with van der Waals surface area (Å²) in [5.74, 6) is 0.487. The molecular formula is C34H44FN3O4. The number of piperazine rings is 1. The molecule has 226 valence electrons. The lowest BCUT2D eigenvalue weighted by atomic mass is 10.0. The molecule has 1 aliphatic heterocycles. The van der Waals surface area contributed by atoms with Crippen LogP contribution in [0.5, 0.6) is 5.75 Å². The zero-order valence-electron chi connectivity index (χ0n) is 25.7. The number of carbonyl (C=O) groups excluding carboxylic acids is 1. The van der Waals surface area contributed by atoms with Crippen molar-refractivity contribution in [3.63, 3.8) is 0 Å². The maximum absolute atomic E-state index is 13.2. The van der Waals surface area contributed by atoms with E-state index in [1.54, 1.807) is 0 Å². The highest BCUT2D eigenvalue weighted by atomic mass is 19.1. The number of aliphatic hydroxyl groups is 1. The smallest absolute Gasteiger partial charge is 0.412 e. The van der Waals surface area contributed by atoms with Crippen LogP contribution in [0.25, 0.3) is 0 Å². The van der Waals surface area contributed by atoms with Crippen molar-refractivity contribution in [2.75, 3.05) is 49.5 Å². The molecule has 1 saturated heterocycles. The predicted octanol–water partition coefficient (Wildman–Crippen LogP) is 6.25. The summed E-state index contributed by atoms with van der Waals surface area (Å²) in [6, 6.07) is 17.1. The zero-order chi connectivity index (χ0) is 30.4. The Morgan fingerprint density at radius 1 is 0.952 bits per heavy atom. The first-order valence-electron chi connectivity index (χ1n) is 14.6. The van der Waals surface area contributed by atoms with Crippen LogP contribution in [-0.4, -0.2) is 67.1 Å². The lowest BCUT2D eigenvalue weighted by Crippen LogP contribution is -2.49. The average Bonchev–Trinajstić information content (AvgIpc) is 2.93. The van der Waals surface area contributed by atoms with Gasteiger partial charge in [-0.25, -0.2) is 9.18 Å². The predicted molar refractivity (Wildman–Crippen MR) is 166 cm³/mol. The van der Waals surface area contributed by atoms with Crippen molar-refractivity contribution in [1.82, 2.24) is 4.90 Å². The number of nitrogens with zero attached hydrogens (tertiary/aromatic N) is 2. The van der Waals surface area contributed by atoms with Crippen molar-refractivity contribution >= 4 is 17.5 Å². The highest BCUT2D eigenvalue weighted by Crippen LogP contribution is 2.32. The molecule has 0 aromatic heterocycles. The summed E-state index contributed by atoms with van der Waals surface area (Å²) < 4.78 is 24.6. The summed E-state index contributed by atoms with van der Waals surface area (Å²) in [6.45, 7) is 15.5. The summed E-state index contributed by atoms with van der Waals surface area (Å²) in [5, 5.41) is 13.6. The molecule has 42 heavy (non-hydrogen) atoms. The lowest BCUT2D eigenvalue weighted by molar-refractivity contribution is 0.0635. The fraction of sp³-hybridized carbons (Fsp3) is 0.441. The summed E-state index contributed by atoms with van der Waals surface area (Å²) >= 11 is 0. The molecule has 1 atom stereocenters. The highest BCUT2D eigenvalue weighted by Gasteiger charge is 2.22. The minimum atomic E-state index is -0.623. The van der Waals surface area contributed by atoms with Gasteiger partial charge < -0.3 is 19.5 Å². The number of anilines is 2. The number of amides is 1. The first-order chi connectivity index (χ1) is 19.9. The number of nitrogens with one attached hydrogen (secondary N) is 1. The fourth-order valence-corrected chi connectivity index (χ4v) is 5.18. The van der Waals surface area contributed by atoms with E-state index < -0.39 is 17.8 Å². The number of hydrogen-bond acceptors (Lipinski definition) is 6. The van der Waals surface area contributed by atoms with Crippen LogP contribution in [-0.2, 0) is 11.2 Å². The minimum Gasteiger partial charge on any atom is -0.491 e. The van der Waals surface area contributed by atoms with Gasteiger partial charge in [0.25, 0.3) is 0 Å². The van der Waals surface area contributed by atoms with Gasteiger partial charge in [0.2, 0.25) is 0 Å². The van der Waals surface area contributed by atoms with Gasteiger partial charge in [-0.15, -0.1) is 0 Å². The van der Waals surface area contributed by atoms with Crippen molar-refractivity contribution in [2.45, 2.75) is 59.7 Å². The molecule has 0 unspecified atom stereocenters. The Hall–Kier alpha value is -3.62. The minimum absolute atomic E-state index is 0.189. The number of aliphatic hydroxyl groups excluding tert-OH is 1. The maximum atomic E-state index is 13.2. The fourth-order valence-electron chi connectivity index (χ4n) is 5.18. The SMILES string of the molecule is Cc1cc(OC[C@@H](O)CN2CCN(c3ccc(Cc4ccc(F)cc4)cc3)CC2)c(C)c(C)c1NC(=O)OC(C)(C)C. The number of halogens is 1. The number of benzene rings is 3. The van der Waals surface area contributed by atoms with E-state index in [0.717, 1.165) is 60.5 Å². The molecule has 3 aromatic rings. The third-order valence-corrected chi connectivity index (χ3v) is 7.57. The van der Waals surface area contributed by atoms with Gasteiger partial charge in [0.15, 0.2) is 0 Å². The highest BCUT2D eigenvalue weighted by molar-refractivity contribution is 5.87. The lowest BCUT2D eigenvalue weighted by Gasteiger charge is -2.37. The van der Waals surface area contributed by atoms with Crippen LogP contribution in [0.2, 0.25) is 0 Å². The van der Waals surface area contributed by atoms with Crippen molar-refractivity contribution in [2.24, 2.45) is 0 Å². The summed E-state index contributed by atoms with van der Waals surface area (Å²) in [5.41, 5.74) is 6.30. The van der Waals surface area contributed by atoms with Gasteiger partial charge in [0, 0.05) is 38.4 Å². The Kier molecular flexibility index (Phi) is 10.1. The third-order valence-electron chi connectivity index (χ3n) is 7.57. The molecule has 1 amide bonds. The molecule has 1 heterocycles. The molecule has 0 saturated carbocycles. The van der Waals surface area contributed by atoms with Crippen molar-refractivity contribution in [1.29, 1.82) is 0 Å². The first-order valence-corrected chi connectivity index (χ1v) is 14.6. The molecule has 0 spiro atoms. The monoisotopic (exact) mass is 577 g/mol. The van der Waals surface area contributed by atoms with Gasteiger partial charge in [-0.2, -0.15) is 0 Å². The van der Waals surface area contributed by atoms with Crippen molar-refractivity contribution in [3.05, 3.63) is 88.2 Å². The van der Waals surface area contributed by atoms with Gasteiger partial charge in [0.05, 0.1) is 5.69 Å². The molecule has 1 fully saturated rings. The van der Waals surface area contributed by atoms with Crippen LogP contribution in [0.1, 0.15) is 48.6 Å². The van der Waals surface area contributed by atoms with E-state index in [1.807, 2.05) is 59.7 Å². The third kappa shape index (κ3) is 8.69. The van der Waals surface area contributed by atoms with E-state index in [1.165, 1.54) is 23.4 Å². The van der Waals surface area contributed by atoms with E-state index >= 15 is 0 Å². The first kappa shape index (κ1) is 31.3. The van der Waals surface area contributed by atoms with E-state index in [-0.39, 0.29) is 12.4 Å². The summed E-state index contributed by atoms with van der Waals surface area (Å²) in [7, 11) is 0. The molecule has 1 aliphatic rings. The van der Waals surface area contributed by atoms with Crippen molar-refractivity contribution in [3.8, 4) is 5.75 Å². The maximum Gasteiger partial charge on any atom is 0.412 e. The van der Waals surface area contributed by atoms with Gasteiger partial charge in [-0.3, -0.25) is 10.2 Å². The number of carbonyl (C=O) groups is 1. The Bertz CT molecular complexity index is 1350. The molecule has 2 N–H and O–H groups in total. The molecule has 4 rings (SSSR count). The van der Waals surface area contributed by atoms with E-state index in [2.05, 4.69) is 39.4 Å². The largest absolute Gasteiger partial charge is 0.491 e.